The fourth-order valence-electron chi connectivity index (χ4n) is 1.57. The normalized spacial score (nSPS) is 10.7. The lowest BCUT2D eigenvalue weighted by Gasteiger charge is -2.35. The third-order valence-electron chi connectivity index (χ3n) is 2.96. The van der Waals surface area contributed by atoms with Crippen LogP contribution in [0.15, 0.2) is 4.99 Å². The van der Waals surface area contributed by atoms with Crippen molar-refractivity contribution in [2.24, 2.45) is 4.99 Å². The third-order valence-corrected chi connectivity index (χ3v) is 3.09. The van der Waals surface area contributed by atoms with Crippen LogP contribution >= 0.6 is 12.2 Å². The van der Waals surface area contributed by atoms with Crippen LogP contribution in [-0.4, -0.2) is 53.9 Å². The van der Waals surface area contributed by atoms with Gasteiger partial charge in [0.2, 0.25) is 5.78 Å². The van der Waals surface area contributed by atoms with Crippen molar-refractivity contribution in [3.63, 3.8) is 0 Å². The van der Waals surface area contributed by atoms with E-state index in [1.165, 1.54) is 6.92 Å². The monoisotopic (exact) mass is 243 g/mol. The summed E-state index contributed by atoms with van der Waals surface area (Å²) in [7, 11) is 0. The highest BCUT2D eigenvalue weighted by atomic mass is 32.1. The number of nitrogens with zero attached hydrogens (tertiary/aromatic N) is 2. The predicted molar refractivity (Wildman–Crippen MR) is 66.7 cm³/mol. The topological polar surface area (TPSA) is 46.5 Å². The average molecular weight is 243 g/mol. The van der Waals surface area contributed by atoms with Crippen molar-refractivity contribution in [3.8, 4) is 0 Å². The van der Waals surface area contributed by atoms with Gasteiger partial charge in [-0.3, -0.25) is 9.59 Å². The van der Waals surface area contributed by atoms with Crippen LogP contribution in [0.4, 0.5) is 0 Å². The summed E-state index contributed by atoms with van der Waals surface area (Å²) >= 11 is 4.50. The van der Waals surface area contributed by atoms with Gasteiger partial charge in [0.1, 0.15) is 6.54 Å². The number of isothiocyanates is 1. The van der Waals surface area contributed by atoms with Crippen LogP contribution in [0.25, 0.3) is 0 Å². The van der Waals surface area contributed by atoms with E-state index < -0.39 is 0 Å². The fraction of sp³-hybridized carbons (Fsp3) is 0.727. The molecule has 0 atom stereocenters. The minimum atomic E-state index is -0.372. The number of likely N-dealkylation sites (N-methyl/N-ethyl adjacent to an activating group) is 1. The zero-order valence-electron chi connectivity index (χ0n) is 10.2. The standard InChI is InChI=1S/C11H19N2O2S/c1-4-13(5-2,7-6-12-9-16)8-11(15)10(3)14/h4-8H2,1-3H3/q+1. The van der Waals surface area contributed by atoms with Crippen molar-refractivity contribution in [1.29, 1.82) is 0 Å². The molecule has 0 aliphatic heterocycles. The Morgan fingerprint density at radius 1 is 1.31 bits per heavy atom. The van der Waals surface area contributed by atoms with Crippen molar-refractivity contribution >= 4 is 28.9 Å². The van der Waals surface area contributed by atoms with Crippen molar-refractivity contribution < 1.29 is 14.1 Å². The van der Waals surface area contributed by atoms with Crippen LogP contribution < -0.4 is 0 Å². The molecule has 0 spiro atoms. The van der Waals surface area contributed by atoms with Crippen LogP contribution in [-0.2, 0) is 9.59 Å². The van der Waals surface area contributed by atoms with Gasteiger partial charge in [-0.05, 0) is 26.1 Å². The van der Waals surface area contributed by atoms with Crippen LogP contribution in [0, 0.1) is 0 Å². The number of quaternary nitrogens is 1. The smallest absolute Gasteiger partial charge is 0.252 e. The predicted octanol–water partition coefficient (Wildman–Crippen LogP) is 1.10. The Kier molecular flexibility index (Phi) is 6.97. The highest BCUT2D eigenvalue weighted by molar-refractivity contribution is 7.78. The molecule has 0 heterocycles. The van der Waals surface area contributed by atoms with E-state index in [1.54, 1.807) is 0 Å². The van der Waals surface area contributed by atoms with Gasteiger partial charge in [0, 0.05) is 6.92 Å². The van der Waals surface area contributed by atoms with E-state index in [4.69, 9.17) is 0 Å². The molecule has 16 heavy (non-hydrogen) atoms. The second-order valence-electron chi connectivity index (χ2n) is 3.81. The van der Waals surface area contributed by atoms with Gasteiger partial charge in [-0.2, -0.15) is 0 Å². The minimum Gasteiger partial charge on any atom is -0.316 e. The van der Waals surface area contributed by atoms with Crippen LogP contribution in [0.5, 0.6) is 0 Å². The summed E-state index contributed by atoms with van der Waals surface area (Å²) in [5.41, 5.74) is 0. The number of hydrogen-bond acceptors (Lipinski definition) is 4. The first-order valence-corrected chi connectivity index (χ1v) is 5.84. The molecule has 4 nitrogen and oxygen atoms in total. The van der Waals surface area contributed by atoms with E-state index in [2.05, 4.69) is 22.4 Å². The molecule has 0 aliphatic rings. The quantitative estimate of drug-likeness (QED) is 0.278. The summed E-state index contributed by atoms with van der Waals surface area (Å²) in [5.74, 6) is -0.683. The highest BCUT2D eigenvalue weighted by Crippen LogP contribution is 2.06. The maximum absolute atomic E-state index is 11.5. The summed E-state index contributed by atoms with van der Waals surface area (Å²) in [6, 6.07) is 0. The molecular formula is C11H19N2O2S+. The number of carbonyl (C=O) groups excluding carboxylic acids is 2. The lowest BCUT2D eigenvalue weighted by Crippen LogP contribution is -2.53. The molecule has 0 unspecified atom stereocenters. The van der Waals surface area contributed by atoms with E-state index in [-0.39, 0.29) is 18.1 Å². The summed E-state index contributed by atoms with van der Waals surface area (Å²) in [6.45, 7) is 8.49. The first-order valence-electron chi connectivity index (χ1n) is 5.43. The van der Waals surface area contributed by atoms with Crippen LogP contribution in [0.1, 0.15) is 20.8 Å². The van der Waals surface area contributed by atoms with Gasteiger partial charge in [0.05, 0.1) is 31.3 Å². The number of carbonyl (C=O) groups is 2. The number of rotatable bonds is 8. The fourth-order valence-corrected chi connectivity index (χ4v) is 1.66. The number of ketones is 2. The van der Waals surface area contributed by atoms with Crippen molar-refractivity contribution in [1.82, 2.24) is 0 Å². The highest BCUT2D eigenvalue weighted by Gasteiger charge is 2.28. The van der Waals surface area contributed by atoms with Gasteiger partial charge in [-0.25, -0.2) is 4.99 Å². The van der Waals surface area contributed by atoms with Gasteiger partial charge in [0.15, 0.2) is 0 Å². The van der Waals surface area contributed by atoms with E-state index in [0.717, 1.165) is 19.6 Å². The van der Waals surface area contributed by atoms with Crippen LogP contribution in [0.2, 0.25) is 0 Å². The summed E-state index contributed by atoms with van der Waals surface area (Å²) in [5, 5.41) is 2.31. The molecule has 0 radical (unpaired) electrons. The molecule has 90 valence electrons. The Morgan fingerprint density at radius 2 is 1.88 bits per heavy atom. The van der Waals surface area contributed by atoms with Crippen molar-refractivity contribution in [2.75, 3.05) is 32.7 Å². The molecule has 0 amide bonds. The number of thiocarbonyl (C=S) groups is 1. The molecule has 0 aromatic heterocycles. The zero-order chi connectivity index (χ0) is 12.6. The summed E-state index contributed by atoms with van der Waals surface area (Å²) in [6.07, 6.45) is 0. The lowest BCUT2D eigenvalue weighted by atomic mass is 10.2. The Balaban J connectivity index is 4.60. The van der Waals surface area contributed by atoms with Gasteiger partial charge < -0.3 is 4.48 Å². The summed E-state index contributed by atoms with van der Waals surface area (Å²) < 4.78 is 0.582. The first-order chi connectivity index (χ1) is 7.51. The van der Waals surface area contributed by atoms with E-state index in [0.29, 0.717) is 11.0 Å². The Labute approximate surface area is 102 Å². The van der Waals surface area contributed by atoms with Crippen molar-refractivity contribution in [2.45, 2.75) is 20.8 Å². The molecule has 0 saturated carbocycles. The number of hydrogen-bond donors (Lipinski definition) is 0. The van der Waals surface area contributed by atoms with Crippen molar-refractivity contribution in [3.05, 3.63) is 0 Å². The van der Waals surface area contributed by atoms with Gasteiger partial charge in [-0.1, -0.05) is 0 Å². The molecule has 0 saturated heterocycles. The number of aliphatic imine (C=N–C) groups is 1. The summed E-state index contributed by atoms with van der Waals surface area (Å²) in [4.78, 5) is 26.3. The van der Waals surface area contributed by atoms with Gasteiger partial charge in [0.25, 0.3) is 5.78 Å². The maximum Gasteiger partial charge on any atom is 0.252 e. The Morgan fingerprint density at radius 3 is 2.25 bits per heavy atom. The van der Waals surface area contributed by atoms with E-state index >= 15 is 0 Å². The molecule has 0 fully saturated rings. The molecule has 0 bridgehead atoms. The molecule has 5 heteroatoms. The molecule has 0 N–H and O–H groups in total. The van der Waals surface area contributed by atoms with E-state index in [1.807, 2.05) is 13.8 Å². The second-order valence-corrected chi connectivity index (χ2v) is 3.99. The first kappa shape index (κ1) is 15.1. The molecule has 0 rings (SSSR count). The molecule has 0 aromatic rings. The Hall–Kier alpha value is -0.900. The van der Waals surface area contributed by atoms with Gasteiger partial charge in [-0.15, -0.1) is 0 Å². The SMILES string of the molecule is CC[N+](CC)(CCN=C=S)CC(=O)C(C)=O. The third kappa shape index (κ3) is 4.75. The molecule has 0 aliphatic carbocycles. The van der Waals surface area contributed by atoms with E-state index in [9.17, 15) is 9.59 Å². The second kappa shape index (κ2) is 7.39. The molecular weight excluding hydrogens is 224 g/mol. The largest absolute Gasteiger partial charge is 0.316 e. The zero-order valence-corrected chi connectivity index (χ0v) is 11.0. The van der Waals surface area contributed by atoms with Crippen LogP contribution in [0.3, 0.4) is 0 Å². The number of Topliss-reactive ketones (excluding diaryl/α,β-unsaturated/α-hetero) is 2. The Bertz CT molecular complexity index is 305. The minimum absolute atomic E-state index is 0.259. The molecule has 0 aromatic carbocycles. The maximum atomic E-state index is 11.5. The lowest BCUT2D eigenvalue weighted by molar-refractivity contribution is -0.915. The van der Waals surface area contributed by atoms with Gasteiger partial charge >= 0.3 is 0 Å². The average Bonchev–Trinajstić information content (AvgIpc) is 2.27.